The summed E-state index contributed by atoms with van der Waals surface area (Å²) in [5, 5.41) is 6.12. The van der Waals surface area contributed by atoms with Gasteiger partial charge in [-0.15, -0.1) is 0 Å². The van der Waals surface area contributed by atoms with Crippen LogP contribution in [0.1, 0.15) is 26.7 Å². The summed E-state index contributed by atoms with van der Waals surface area (Å²) >= 11 is 0. The minimum atomic E-state index is -0.0326. The van der Waals surface area contributed by atoms with Gasteiger partial charge in [0.05, 0.1) is 6.04 Å². The van der Waals surface area contributed by atoms with Crippen molar-refractivity contribution in [2.75, 3.05) is 39.3 Å². The summed E-state index contributed by atoms with van der Waals surface area (Å²) in [6.07, 6.45) is 2.07. The summed E-state index contributed by atoms with van der Waals surface area (Å²) in [6.45, 7) is 8.21. The molecule has 3 amide bonds. The van der Waals surface area contributed by atoms with E-state index in [0.717, 1.165) is 19.4 Å². The highest BCUT2D eigenvalue weighted by molar-refractivity contribution is 5.82. The molecule has 0 aromatic carbocycles. The highest BCUT2D eigenvalue weighted by Crippen LogP contribution is 2.17. The van der Waals surface area contributed by atoms with Crippen LogP contribution in [0.4, 0.5) is 4.79 Å². The summed E-state index contributed by atoms with van der Waals surface area (Å²) in [4.78, 5) is 27.8. The lowest BCUT2D eigenvalue weighted by Gasteiger charge is -2.38. The third kappa shape index (κ3) is 3.62. The van der Waals surface area contributed by atoms with Crippen molar-refractivity contribution >= 4 is 11.9 Å². The van der Waals surface area contributed by atoms with Crippen LogP contribution in [0.3, 0.4) is 0 Å². The van der Waals surface area contributed by atoms with Gasteiger partial charge in [0, 0.05) is 32.7 Å². The van der Waals surface area contributed by atoms with E-state index in [2.05, 4.69) is 17.6 Å². The first kappa shape index (κ1) is 15.1. The molecule has 6 nitrogen and oxygen atoms in total. The van der Waals surface area contributed by atoms with Gasteiger partial charge in [0.1, 0.15) is 0 Å². The van der Waals surface area contributed by atoms with E-state index < -0.39 is 0 Å². The number of piperidine rings is 1. The highest BCUT2D eigenvalue weighted by atomic mass is 16.2. The fourth-order valence-electron chi connectivity index (χ4n) is 2.91. The average Bonchev–Trinajstić information content (AvgIpc) is 2.47. The van der Waals surface area contributed by atoms with Crippen molar-refractivity contribution in [1.82, 2.24) is 20.4 Å². The second-order valence-corrected chi connectivity index (χ2v) is 5.78. The van der Waals surface area contributed by atoms with E-state index >= 15 is 0 Å². The Labute approximate surface area is 120 Å². The van der Waals surface area contributed by atoms with E-state index in [1.165, 1.54) is 0 Å². The molecule has 2 unspecified atom stereocenters. The van der Waals surface area contributed by atoms with Gasteiger partial charge in [-0.1, -0.05) is 6.92 Å². The lowest BCUT2D eigenvalue weighted by Crippen LogP contribution is -2.57. The topological polar surface area (TPSA) is 64.7 Å². The Morgan fingerprint density at radius 1 is 1.20 bits per heavy atom. The molecule has 0 radical (unpaired) electrons. The Morgan fingerprint density at radius 3 is 2.45 bits per heavy atom. The molecule has 0 aromatic rings. The second-order valence-electron chi connectivity index (χ2n) is 5.78. The maximum absolute atomic E-state index is 12.4. The zero-order valence-corrected chi connectivity index (χ0v) is 12.5. The Morgan fingerprint density at radius 2 is 1.85 bits per heavy atom. The highest BCUT2D eigenvalue weighted by Gasteiger charge is 2.31. The zero-order chi connectivity index (χ0) is 14.5. The summed E-state index contributed by atoms with van der Waals surface area (Å²) in [7, 11) is 0. The first-order valence-corrected chi connectivity index (χ1v) is 7.66. The van der Waals surface area contributed by atoms with Crippen LogP contribution in [-0.4, -0.2) is 67.0 Å². The molecule has 2 atom stereocenters. The first-order chi connectivity index (χ1) is 9.61. The van der Waals surface area contributed by atoms with Crippen LogP contribution in [0, 0.1) is 5.92 Å². The van der Waals surface area contributed by atoms with Crippen molar-refractivity contribution in [2.24, 2.45) is 5.92 Å². The SMILES string of the molecule is CCNC(=O)N1CCN(C(=O)C2CC(C)CCN2)CC1. The minimum absolute atomic E-state index is 0.0241. The molecule has 2 saturated heterocycles. The quantitative estimate of drug-likeness (QED) is 0.763. The third-order valence-corrected chi connectivity index (χ3v) is 4.17. The molecule has 20 heavy (non-hydrogen) atoms. The number of nitrogens with one attached hydrogen (secondary N) is 2. The van der Waals surface area contributed by atoms with Crippen molar-refractivity contribution in [2.45, 2.75) is 32.7 Å². The van der Waals surface area contributed by atoms with Crippen LogP contribution in [0.25, 0.3) is 0 Å². The number of carbonyl (C=O) groups excluding carboxylic acids is 2. The van der Waals surface area contributed by atoms with E-state index in [9.17, 15) is 9.59 Å². The maximum atomic E-state index is 12.4. The van der Waals surface area contributed by atoms with Gasteiger partial charge in [0.2, 0.25) is 5.91 Å². The molecule has 0 aromatic heterocycles. The predicted octanol–water partition coefficient (Wildman–Crippen LogP) is 0.248. The lowest BCUT2D eigenvalue weighted by atomic mass is 9.93. The lowest BCUT2D eigenvalue weighted by molar-refractivity contribution is -0.135. The molecule has 0 aliphatic carbocycles. The van der Waals surface area contributed by atoms with Crippen LogP contribution in [0.5, 0.6) is 0 Å². The van der Waals surface area contributed by atoms with E-state index in [1.807, 2.05) is 11.8 Å². The van der Waals surface area contributed by atoms with Crippen LogP contribution in [0.15, 0.2) is 0 Å². The van der Waals surface area contributed by atoms with Gasteiger partial charge in [0.25, 0.3) is 0 Å². The summed E-state index contributed by atoms with van der Waals surface area (Å²) in [6, 6.07) is -0.0567. The number of hydrogen-bond donors (Lipinski definition) is 2. The molecule has 2 fully saturated rings. The van der Waals surface area contributed by atoms with Crippen LogP contribution in [0.2, 0.25) is 0 Å². The van der Waals surface area contributed by atoms with Crippen molar-refractivity contribution < 1.29 is 9.59 Å². The van der Waals surface area contributed by atoms with Crippen molar-refractivity contribution in [3.63, 3.8) is 0 Å². The molecule has 0 bridgehead atoms. The largest absolute Gasteiger partial charge is 0.338 e. The first-order valence-electron chi connectivity index (χ1n) is 7.66. The standard InChI is InChI=1S/C14H26N4O2/c1-3-15-14(20)18-8-6-17(7-9-18)13(19)12-10-11(2)4-5-16-12/h11-12,16H,3-10H2,1-2H3,(H,15,20). The Bertz CT molecular complexity index is 353. The van der Waals surface area contributed by atoms with Crippen LogP contribution in [-0.2, 0) is 4.79 Å². The van der Waals surface area contributed by atoms with Gasteiger partial charge in [0.15, 0.2) is 0 Å². The van der Waals surface area contributed by atoms with Crippen molar-refractivity contribution in [3.8, 4) is 0 Å². The van der Waals surface area contributed by atoms with E-state index in [0.29, 0.717) is 38.6 Å². The fraction of sp³-hybridized carbons (Fsp3) is 0.857. The molecule has 2 N–H and O–H groups in total. The maximum Gasteiger partial charge on any atom is 0.317 e. The average molecular weight is 282 g/mol. The minimum Gasteiger partial charge on any atom is -0.338 e. The van der Waals surface area contributed by atoms with Gasteiger partial charge in [-0.3, -0.25) is 4.79 Å². The number of rotatable bonds is 2. The van der Waals surface area contributed by atoms with Gasteiger partial charge >= 0.3 is 6.03 Å². The number of urea groups is 1. The summed E-state index contributed by atoms with van der Waals surface area (Å²) in [5.41, 5.74) is 0. The monoisotopic (exact) mass is 282 g/mol. The number of carbonyl (C=O) groups is 2. The Balaban J connectivity index is 1.81. The van der Waals surface area contributed by atoms with Gasteiger partial charge < -0.3 is 20.4 Å². The summed E-state index contributed by atoms with van der Waals surface area (Å²) in [5.74, 6) is 0.814. The smallest absolute Gasteiger partial charge is 0.317 e. The van der Waals surface area contributed by atoms with Gasteiger partial charge in [-0.2, -0.15) is 0 Å². The Kier molecular flexibility index (Phi) is 5.23. The molecular formula is C14H26N4O2. The molecule has 2 heterocycles. The van der Waals surface area contributed by atoms with Crippen molar-refractivity contribution in [3.05, 3.63) is 0 Å². The van der Waals surface area contributed by atoms with Crippen LogP contribution < -0.4 is 10.6 Å². The van der Waals surface area contributed by atoms with Crippen molar-refractivity contribution in [1.29, 1.82) is 0 Å². The van der Waals surface area contributed by atoms with E-state index in [1.54, 1.807) is 4.90 Å². The predicted molar refractivity (Wildman–Crippen MR) is 77.4 cm³/mol. The fourth-order valence-corrected chi connectivity index (χ4v) is 2.91. The number of hydrogen-bond acceptors (Lipinski definition) is 3. The second kappa shape index (κ2) is 6.92. The van der Waals surface area contributed by atoms with E-state index in [4.69, 9.17) is 0 Å². The molecule has 0 saturated carbocycles. The molecule has 6 heteroatoms. The normalized spacial score (nSPS) is 27.3. The van der Waals surface area contributed by atoms with Gasteiger partial charge in [-0.25, -0.2) is 4.79 Å². The van der Waals surface area contributed by atoms with E-state index in [-0.39, 0.29) is 18.0 Å². The number of piperazine rings is 1. The number of amides is 3. The third-order valence-electron chi connectivity index (χ3n) is 4.17. The zero-order valence-electron chi connectivity index (χ0n) is 12.5. The molecule has 2 aliphatic heterocycles. The molecular weight excluding hydrogens is 256 g/mol. The number of nitrogens with zero attached hydrogens (tertiary/aromatic N) is 2. The Hall–Kier alpha value is -1.30. The molecule has 114 valence electrons. The van der Waals surface area contributed by atoms with Crippen LogP contribution >= 0.6 is 0 Å². The molecule has 0 spiro atoms. The summed E-state index contributed by atoms with van der Waals surface area (Å²) < 4.78 is 0. The molecule has 2 rings (SSSR count). The van der Waals surface area contributed by atoms with Gasteiger partial charge in [-0.05, 0) is 32.2 Å². The molecule has 2 aliphatic rings.